The number of hydrogen-bond donors (Lipinski definition) is 0. The van der Waals surface area contributed by atoms with Crippen LogP contribution in [0.25, 0.3) is 0 Å². The summed E-state index contributed by atoms with van der Waals surface area (Å²) in [5.74, 6) is 8.93. The lowest BCUT2D eigenvalue weighted by Gasteiger charge is -2.47. The van der Waals surface area contributed by atoms with Gasteiger partial charge in [0.15, 0.2) is 0 Å². The van der Waals surface area contributed by atoms with Crippen molar-refractivity contribution in [2.75, 3.05) is 0 Å². The van der Waals surface area contributed by atoms with Crippen LogP contribution in [0.3, 0.4) is 0 Å². The third kappa shape index (κ3) is 1.62. The Morgan fingerprint density at radius 1 is 0.529 bits per heavy atom. The van der Waals surface area contributed by atoms with Gasteiger partial charge in [0.1, 0.15) is 0 Å². The van der Waals surface area contributed by atoms with Crippen LogP contribution in [-0.2, 0) is 0 Å². The normalized spacial score (nSPS) is 61.1. The van der Waals surface area contributed by atoms with Crippen LogP contribution in [0.5, 0.6) is 0 Å². The predicted octanol–water partition coefficient (Wildman–Crippen LogP) is 4.74. The van der Waals surface area contributed by atoms with E-state index in [0.717, 1.165) is 47.3 Å². The summed E-state index contributed by atoms with van der Waals surface area (Å²) in [6, 6.07) is 0. The van der Waals surface area contributed by atoms with Crippen LogP contribution in [0.1, 0.15) is 58.8 Å². The lowest BCUT2D eigenvalue weighted by Crippen LogP contribution is -2.39. The van der Waals surface area contributed by atoms with E-state index in [1.54, 1.807) is 44.9 Å². The van der Waals surface area contributed by atoms with Crippen LogP contribution in [0.2, 0.25) is 0 Å². The van der Waals surface area contributed by atoms with E-state index >= 15 is 0 Å². The van der Waals surface area contributed by atoms with Crippen molar-refractivity contribution in [1.82, 2.24) is 0 Å². The zero-order valence-electron chi connectivity index (χ0n) is 11.6. The second kappa shape index (κ2) is 3.75. The van der Waals surface area contributed by atoms with Gasteiger partial charge in [-0.05, 0) is 92.3 Å². The topological polar surface area (TPSA) is 0 Å². The molecule has 8 unspecified atom stereocenters. The van der Waals surface area contributed by atoms with Gasteiger partial charge in [-0.3, -0.25) is 0 Å². The van der Waals surface area contributed by atoms with Crippen molar-refractivity contribution in [1.29, 1.82) is 0 Å². The van der Waals surface area contributed by atoms with E-state index in [4.69, 9.17) is 0 Å². The molecule has 96 valence electrons. The largest absolute Gasteiger partial charge is 0.0620 e. The third-order valence-corrected chi connectivity index (χ3v) is 7.41. The molecule has 5 fully saturated rings. The second-order valence-electron chi connectivity index (χ2n) is 7.95. The third-order valence-electron chi connectivity index (χ3n) is 7.41. The molecule has 8 atom stereocenters. The molecule has 5 saturated carbocycles. The fraction of sp³-hybridized carbons (Fsp3) is 1.00. The van der Waals surface area contributed by atoms with E-state index in [1.165, 1.54) is 0 Å². The molecule has 5 aliphatic rings. The van der Waals surface area contributed by atoms with Crippen LogP contribution in [-0.4, -0.2) is 0 Å². The van der Waals surface area contributed by atoms with Crippen molar-refractivity contribution in [3.63, 3.8) is 0 Å². The van der Waals surface area contributed by atoms with Crippen molar-refractivity contribution in [2.45, 2.75) is 58.8 Å². The minimum atomic E-state index is 1.06. The summed E-state index contributed by atoms with van der Waals surface area (Å²) < 4.78 is 0. The van der Waals surface area contributed by atoms with Gasteiger partial charge in [0.2, 0.25) is 0 Å². The lowest BCUT2D eigenvalue weighted by molar-refractivity contribution is 0.0216. The number of fused-ring (bicyclic) bond motifs is 1. The molecule has 0 aromatic heterocycles. The van der Waals surface area contributed by atoms with E-state index in [2.05, 4.69) is 13.8 Å². The molecule has 0 aliphatic heterocycles. The van der Waals surface area contributed by atoms with Crippen LogP contribution < -0.4 is 0 Å². The van der Waals surface area contributed by atoms with Crippen molar-refractivity contribution >= 4 is 0 Å². The van der Waals surface area contributed by atoms with Crippen molar-refractivity contribution in [2.24, 2.45) is 47.3 Å². The fourth-order valence-corrected chi connectivity index (χ4v) is 5.66. The summed E-state index contributed by atoms with van der Waals surface area (Å²) in [6.45, 7) is 5.14. The zero-order valence-corrected chi connectivity index (χ0v) is 11.6. The first kappa shape index (κ1) is 10.9. The highest BCUT2D eigenvalue weighted by Gasteiger charge is 2.51. The summed E-state index contributed by atoms with van der Waals surface area (Å²) in [4.78, 5) is 0. The molecule has 17 heavy (non-hydrogen) atoms. The Morgan fingerprint density at radius 3 is 1.88 bits per heavy atom. The highest BCUT2D eigenvalue weighted by molar-refractivity contribution is 5.01. The molecule has 0 amide bonds. The maximum Gasteiger partial charge on any atom is -0.0354 e. The quantitative estimate of drug-likeness (QED) is 0.566. The summed E-state index contributed by atoms with van der Waals surface area (Å²) in [6.07, 6.45) is 11.1. The van der Waals surface area contributed by atoms with E-state index in [9.17, 15) is 0 Å². The average Bonchev–Trinajstić information content (AvgIpc) is 3.05. The number of hydrogen-bond acceptors (Lipinski definition) is 0. The maximum atomic E-state index is 2.58. The molecule has 0 radical (unpaired) electrons. The van der Waals surface area contributed by atoms with Crippen molar-refractivity contribution < 1.29 is 0 Å². The maximum absolute atomic E-state index is 2.58. The predicted molar refractivity (Wildman–Crippen MR) is 71.6 cm³/mol. The first-order chi connectivity index (χ1) is 8.24. The van der Waals surface area contributed by atoms with Gasteiger partial charge in [-0.2, -0.15) is 0 Å². The Labute approximate surface area is 107 Å². The molecular formula is C17H28. The molecule has 0 nitrogen and oxygen atoms in total. The van der Waals surface area contributed by atoms with E-state index in [0.29, 0.717) is 0 Å². The summed E-state index contributed by atoms with van der Waals surface area (Å²) in [5, 5.41) is 0. The molecule has 0 heteroatoms. The van der Waals surface area contributed by atoms with Gasteiger partial charge >= 0.3 is 0 Å². The van der Waals surface area contributed by atoms with Gasteiger partial charge in [0.05, 0.1) is 0 Å². The number of rotatable bonds is 0. The molecule has 0 spiro atoms. The highest BCUT2D eigenvalue weighted by atomic mass is 14.6. The first-order valence-corrected chi connectivity index (χ1v) is 8.24. The van der Waals surface area contributed by atoms with Gasteiger partial charge in [0.25, 0.3) is 0 Å². The minimum absolute atomic E-state index is 1.06. The first-order valence-electron chi connectivity index (χ1n) is 8.24. The van der Waals surface area contributed by atoms with E-state index in [-0.39, 0.29) is 0 Å². The Bertz CT molecular complexity index is 305. The Hall–Kier alpha value is 0. The summed E-state index contributed by atoms with van der Waals surface area (Å²) in [5.41, 5.74) is 0. The monoisotopic (exact) mass is 232 g/mol. The van der Waals surface area contributed by atoms with Crippen molar-refractivity contribution in [3.8, 4) is 0 Å². The minimum Gasteiger partial charge on any atom is -0.0620 e. The molecule has 2 bridgehead atoms. The van der Waals surface area contributed by atoms with Crippen LogP contribution >= 0.6 is 0 Å². The molecule has 0 aromatic carbocycles. The molecule has 0 N–H and O–H groups in total. The molecular weight excluding hydrogens is 204 g/mol. The molecule has 5 aliphatic carbocycles. The molecule has 0 heterocycles. The lowest BCUT2D eigenvalue weighted by atomic mass is 9.58. The molecule has 0 aromatic rings. The highest BCUT2D eigenvalue weighted by Crippen LogP contribution is 2.60. The smallest absolute Gasteiger partial charge is 0.0354 e. The fourth-order valence-electron chi connectivity index (χ4n) is 5.66. The Kier molecular flexibility index (Phi) is 2.40. The van der Waals surface area contributed by atoms with Gasteiger partial charge in [-0.25, -0.2) is 0 Å². The van der Waals surface area contributed by atoms with Gasteiger partial charge < -0.3 is 0 Å². The van der Waals surface area contributed by atoms with Gasteiger partial charge in [0, 0.05) is 0 Å². The van der Waals surface area contributed by atoms with Crippen LogP contribution in [0.4, 0.5) is 0 Å². The SMILES string of the molecule is CC1C2CCC3CCC3CC3CC3C(C)C1C2. The van der Waals surface area contributed by atoms with Crippen LogP contribution in [0.15, 0.2) is 0 Å². The standard InChI is InChI=1S/C17H28/c1-10-13-5-3-12-4-6-14(12)7-15-9-17(15)11(2)16(10)8-13/h10-17H,3-9H2,1-2H3. The molecule has 0 saturated heterocycles. The van der Waals surface area contributed by atoms with Gasteiger partial charge in [-0.15, -0.1) is 0 Å². The zero-order chi connectivity index (χ0) is 11.6. The van der Waals surface area contributed by atoms with E-state index in [1.807, 2.05) is 0 Å². The molecule has 5 rings (SSSR count). The summed E-state index contributed by atoms with van der Waals surface area (Å²) in [7, 11) is 0. The second-order valence-corrected chi connectivity index (χ2v) is 7.95. The summed E-state index contributed by atoms with van der Waals surface area (Å²) >= 11 is 0. The van der Waals surface area contributed by atoms with Crippen LogP contribution in [0, 0.1) is 47.3 Å². The van der Waals surface area contributed by atoms with Crippen molar-refractivity contribution in [3.05, 3.63) is 0 Å². The Morgan fingerprint density at radius 2 is 1.18 bits per heavy atom. The van der Waals surface area contributed by atoms with Gasteiger partial charge in [-0.1, -0.05) is 13.8 Å². The Balaban J connectivity index is 1.51. The average molecular weight is 232 g/mol. The van der Waals surface area contributed by atoms with E-state index < -0.39 is 0 Å².